The summed E-state index contributed by atoms with van der Waals surface area (Å²) in [5.41, 5.74) is -0.653. The van der Waals surface area contributed by atoms with Crippen molar-refractivity contribution in [2.45, 2.75) is 38.0 Å². The topological polar surface area (TPSA) is 66.8 Å². The Balaban J connectivity index is 2.04. The van der Waals surface area contributed by atoms with Crippen LogP contribution in [-0.4, -0.2) is 47.7 Å². The minimum Gasteiger partial charge on any atom is -0.481 e. The highest BCUT2D eigenvalue weighted by Crippen LogP contribution is 2.36. The molecule has 0 aliphatic carbocycles. The Morgan fingerprint density at radius 3 is 2.68 bits per heavy atom. The molecule has 8 heteroatoms. The van der Waals surface area contributed by atoms with E-state index in [0.717, 1.165) is 6.07 Å². The highest BCUT2D eigenvalue weighted by Gasteiger charge is 2.35. The van der Waals surface area contributed by atoms with Crippen LogP contribution in [-0.2, 0) is 20.5 Å². The quantitative estimate of drug-likeness (QED) is 0.878. The Bertz CT molecular complexity index is 633. The molecule has 1 heterocycles. The lowest BCUT2D eigenvalue weighted by Gasteiger charge is -2.33. The Kier molecular flexibility index (Phi) is 6.05. The number of hydrogen-bond donors (Lipinski definition) is 1. The number of hydrogen-bond acceptors (Lipinski definition) is 3. The lowest BCUT2D eigenvalue weighted by atomic mass is 9.92. The van der Waals surface area contributed by atoms with Gasteiger partial charge in [-0.3, -0.25) is 9.59 Å². The molecule has 1 fully saturated rings. The molecule has 0 spiro atoms. The summed E-state index contributed by atoms with van der Waals surface area (Å²) in [5, 5.41) is 8.80. The number of rotatable bonds is 5. The zero-order valence-corrected chi connectivity index (χ0v) is 13.8. The summed E-state index contributed by atoms with van der Waals surface area (Å²) < 4.78 is 44.6. The van der Waals surface area contributed by atoms with Gasteiger partial charge in [-0.15, -0.1) is 0 Å². The van der Waals surface area contributed by atoms with Crippen LogP contribution in [0.5, 0.6) is 0 Å². The second kappa shape index (κ2) is 7.86. The largest absolute Gasteiger partial charge is 0.481 e. The van der Waals surface area contributed by atoms with Gasteiger partial charge >= 0.3 is 12.1 Å². The number of carboxylic acids is 1. The fraction of sp³-hybridized carbons (Fsp3) is 0.529. The Labute approximate surface area is 143 Å². The zero-order chi connectivity index (χ0) is 18.6. The molecular formula is C17H20F3NO4. The molecule has 0 radical (unpaired) electrons. The molecule has 1 aromatic carbocycles. The average molecular weight is 359 g/mol. The maximum Gasteiger partial charge on any atom is 0.416 e. The molecule has 0 aromatic heterocycles. The van der Waals surface area contributed by atoms with Crippen LogP contribution < -0.4 is 0 Å². The van der Waals surface area contributed by atoms with Crippen molar-refractivity contribution in [2.24, 2.45) is 0 Å². The van der Waals surface area contributed by atoms with Crippen molar-refractivity contribution in [3.63, 3.8) is 0 Å². The molecule has 1 aliphatic rings. The summed E-state index contributed by atoms with van der Waals surface area (Å²) in [6.45, 7) is 2.25. The number of amides is 1. The molecule has 1 saturated heterocycles. The van der Waals surface area contributed by atoms with Crippen LogP contribution in [0.1, 0.15) is 36.8 Å². The molecule has 1 N–H and O–H groups in total. The predicted molar refractivity (Wildman–Crippen MR) is 83.0 cm³/mol. The molecule has 0 saturated carbocycles. The Morgan fingerprint density at radius 2 is 2.04 bits per heavy atom. The van der Waals surface area contributed by atoms with Crippen LogP contribution in [0.3, 0.4) is 0 Å². The van der Waals surface area contributed by atoms with E-state index < -0.39 is 29.7 Å². The van der Waals surface area contributed by atoms with Gasteiger partial charge in [0.1, 0.15) is 0 Å². The highest BCUT2D eigenvalue weighted by atomic mass is 19.4. The summed E-state index contributed by atoms with van der Waals surface area (Å²) in [5.74, 6) is -1.93. The van der Waals surface area contributed by atoms with Gasteiger partial charge in [0, 0.05) is 19.5 Å². The highest BCUT2D eigenvalue weighted by molar-refractivity contribution is 5.77. The fourth-order valence-corrected chi connectivity index (χ4v) is 2.95. The summed E-state index contributed by atoms with van der Waals surface area (Å²) in [7, 11) is 0. The predicted octanol–water partition coefficient (Wildman–Crippen LogP) is 2.90. The van der Waals surface area contributed by atoms with E-state index in [4.69, 9.17) is 9.84 Å². The number of ether oxygens (including phenoxy) is 1. The van der Waals surface area contributed by atoms with Crippen molar-refractivity contribution >= 4 is 11.9 Å². The third-order valence-corrected chi connectivity index (χ3v) is 4.17. The number of carboxylic acid groups (broad SMARTS) is 1. The van der Waals surface area contributed by atoms with Gasteiger partial charge in [-0.1, -0.05) is 25.1 Å². The fourth-order valence-electron chi connectivity index (χ4n) is 2.95. The molecule has 1 aromatic rings. The van der Waals surface area contributed by atoms with Gasteiger partial charge in [-0.2, -0.15) is 13.2 Å². The first kappa shape index (κ1) is 19.2. The van der Waals surface area contributed by atoms with Gasteiger partial charge in [0.05, 0.1) is 24.7 Å². The number of carbonyl (C=O) groups excluding carboxylic acids is 1. The van der Waals surface area contributed by atoms with E-state index in [0.29, 0.717) is 6.54 Å². The second-order valence-electron chi connectivity index (χ2n) is 6.12. The standard InChI is InChI=1S/C17H20F3NO4/c1-11(13-4-2-3-5-14(13)17(18,19)20)8-15(22)21-6-7-25-12(10-21)9-16(23)24/h2-5,11-12H,6-10H2,1H3,(H,23,24)/t11-,12+/m0/s1. The molecule has 2 atom stereocenters. The maximum atomic E-state index is 13.1. The first-order valence-electron chi connectivity index (χ1n) is 7.95. The number of benzene rings is 1. The summed E-state index contributed by atoms with van der Waals surface area (Å²) in [6.07, 6.45) is -5.35. The van der Waals surface area contributed by atoms with Crippen molar-refractivity contribution in [3.05, 3.63) is 35.4 Å². The minimum absolute atomic E-state index is 0.0765. The maximum absolute atomic E-state index is 13.1. The van der Waals surface area contributed by atoms with Gasteiger partial charge in [-0.25, -0.2) is 0 Å². The second-order valence-corrected chi connectivity index (χ2v) is 6.12. The number of nitrogens with zero attached hydrogens (tertiary/aromatic N) is 1. The van der Waals surface area contributed by atoms with Crippen LogP contribution in [0.15, 0.2) is 24.3 Å². The molecule has 1 amide bonds. The van der Waals surface area contributed by atoms with Crippen molar-refractivity contribution < 1.29 is 32.6 Å². The van der Waals surface area contributed by atoms with Crippen LogP contribution in [0, 0.1) is 0 Å². The smallest absolute Gasteiger partial charge is 0.416 e. The summed E-state index contributed by atoms with van der Waals surface area (Å²) >= 11 is 0. The summed E-state index contributed by atoms with van der Waals surface area (Å²) in [4.78, 5) is 24.6. The number of carbonyl (C=O) groups is 2. The van der Waals surface area contributed by atoms with Crippen molar-refractivity contribution in [1.29, 1.82) is 0 Å². The number of aliphatic carboxylic acids is 1. The van der Waals surface area contributed by atoms with Crippen LogP contribution in [0.4, 0.5) is 13.2 Å². The number of halogens is 3. The average Bonchev–Trinajstić information content (AvgIpc) is 2.53. The molecular weight excluding hydrogens is 339 g/mol. The molecule has 2 rings (SSSR count). The lowest BCUT2D eigenvalue weighted by molar-refractivity contribution is -0.147. The van der Waals surface area contributed by atoms with Crippen LogP contribution >= 0.6 is 0 Å². The molecule has 5 nitrogen and oxygen atoms in total. The van der Waals surface area contributed by atoms with E-state index in [9.17, 15) is 22.8 Å². The third-order valence-electron chi connectivity index (χ3n) is 4.17. The van der Waals surface area contributed by atoms with E-state index in [1.807, 2.05) is 0 Å². The lowest BCUT2D eigenvalue weighted by Crippen LogP contribution is -2.46. The van der Waals surface area contributed by atoms with Crippen LogP contribution in [0.25, 0.3) is 0 Å². The van der Waals surface area contributed by atoms with Crippen molar-refractivity contribution in [3.8, 4) is 0 Å². The Morgan fingerprint density at radius 1 is 1.36 bits per heavy atom. The summed E-state index contributed by atoms with van der Waals surface area (Å²) in [6, 6.07) is 5.23. The first-order chi connectivity index (χ1) is 11.7. The van der Waals surface area contributed by atoms with Gasteiger partial charge < -0.3 is 14.7 Å². The SMILES string of the molecule is C[C@@H](CC(=O)N1CCO[C@H](CC(=O)O)C1)c1ccccc1C(F)(F)F. The monoisotopic (exact) mass is 359 g/mol. The zero-order valence-electron chi connectivity index (χ0n) is 13.8. The number of alkyl halides is 3. The van der Waals surface area contributed by atoms with Gasteiger partial charge in [0.2, 0.25) is 5.91 Å². The van der Waals surface area contributed by atoms with E-state index in [1.54, 1.807) is 6.92 Å². The first-order valence-corrected chi connectivity index (χ1v) is 7.95. The molecule has 25 heavy (non-hydrogen) atoms. The van der Waals surface area contributed by atoms with Gasteiger partial charge in [0.25, 0.3) is 0 Å². The van der Waals surface area contributed by atoms with E-state index in [-0.39, 0.29) is 37.5 Å². The van der Waals surface area contributed by atoms with Gasteiger partial charge in [0.15, 0.2) is 0 Å². The van der Waals surface area contributed by atoms with Gasteiger partial charge in [-0.05, 0) is 17.5 Å². The molecule has 1 aliphatic heterocycles. The molecule has 138 valence electrons. The van der Waals surface area contributed by atoms with E-state index in [2.05, 4.69) is 0 Å². The Hall–Kier alpha value is -2.09. The third kappa shape index (κ3) is 5.19. The van der Waals surface area contributed by atoms with E-state index in [1.165, 1.54) is 23.1 Å². The van der Waals surface area contributed by atoms with E-state index >= 15 is 0 Å². The molecule has 0 bridgehead atoms. The minimum atomic E-state index is -4.47. The van der Waals surface area contributed by atoms with Crippen molar-refractivity contribution in [2.75, 3.05) is 19.7 Å². The molecule has 0 unspecified atom stereocenters. The number of morpholine rings is 1. The van der Waals surface area contributed by atoms with Crippen molar-refractivity contribution in [1.82, 2.24) is 4.90 Å². The normalized spacial score (nSPS) is 19.5. The van der Waals surface area contributed by atoms with Crippen LogP contribution in [0.2, 0.25) is 0 Å².